The summed E-state index contributed by atoms with van der Waals surface area (Å²) in [4.78, 5) is 72.9. The maximum atomic E-state index is 13.1. The largest absolute Gasteiger partial charge is 0.472 e. The summed E-state index contributed by atoms with van der Waals surface area (Å²) in [6.45, 7) is 9.70. The van der Waals surface area contributed by atoms with Crippen LogP contribution in [0.4, 0.5) is 0 Å². The summed E-state index contributed by atoms with van der Waals surface area (Å²) < 4.78 is 68.7. The van der Waals surface area contributed by atoms with E-state index in [0.717, 1.165) is 115 Å². The first-order valence-corrected chi connectivity index (χ1v) is 46.0. The molecule has 0 aromatic rings. The van der Waals surface area contributed by atoms with Gasteiger partial charge in [-0.15, -0.1) is 0 Å². The van der Waals surface area contributed by atoms with Gasteiger partial charge in [0.15, 0.2) is 12.2 Å². The highest BCUT2D eigenvalue weighted by atomic mass is 31.2. The highest BCUT2D eigenvalue weighted by Crippen LogP contribution is 2.45. The maximum Gasteiger partial charge on any atom is 0.472 e. The molecular weight excluding hydrogens is 1330 g/mol. The molecule has 0 bridgehead atoms. The predicted molar refractivity (Wildman–Crippen MR) is 418 cm³/mol. The van der Waals surface area contributed by atoms with Crippen molar-refractivity contribution in [2.75, 3.05) is 39.6 Å². The summed E-state index contributed by atoms with van der Waals surface area (Å²) in [6, 6.07) is 0. The number of hydrogen-bond donors (Lipinski definition) is 3. The average molecular weight is 1490 g/mol. The minimum atomic E-state index is -4.96. The van der Waals surface area contributed by atoms with Crippen LogP contribution >= 0.6 is 15.6 Å². The minimum Gasteiger partial charge on any atom is -0.462 e. The fourth-order valence-corrected chi connectivity index (χ4v) is 14.4. The van der Waals surface area contributed by atoms with Crippen LogP contribution < -0.4 is 0 Å². The van der Waals surface area contributed by atoms with Crippen molar-refractivity contribution in [3.63, 3.8) is 0 Å². The summed E-state index contributed by atoms with van der Waals surface area (Å²) >= 11 is 0. The molecule has 6 atom stereocenters. The Morgan fingerprint density at radius 2 is 0.500 bits per heavy atom. The smallest absolute Gasteiger partial charge is 0.462 e. The Hall–Kier alpha value is -1.94. The fraction of sp³-hybridized carbons (Fsp3) is 0.952. The van der Waals surface area contributed by atoms with Crippen molar-refractivity contribution in [3.8, 4) is 0 Å². The van der Waals surface area contributed by atoms with Crippen LogP contribution in [-0.4, -0.2) is 96.7 Å². The van der Waals surface area contributed by atoms with Crippen LogP contribution in [0.3, 0.4) is 0 Å². The van der Waals surface area contributed by atoms with Gasteiger partial charge in [0.2, 0.25) is 0 Å². The van der Waals surface area contributed by atoms with E-state index in [1.807, 2.05) is 0 Å². The molecule has 0 amide bonds. The molecule has 3 N–H and O–H groups in total. The number of phosphoric ester groups is 2. The summed E-state index contributed by atoms with van der Waals surface area (Å²) in [7, 11) is -9.92. The van der Waals surface area contributed by atoms with Gasteiger partial charge in [-0.2, -0.15) is 0 Å². The van der Waals surface area contributed by atoms with Crippen LogP contribution in [0, 0.1) is 11.8 Å². The van der Waals surface area contributed by atoms with Gasteiger partial charge in [-0.3, -0.25) is 37.3 Å². The third-order valence-electron chi connectivity index (χ3n) is 19.8. The Balaban J connectivity index is 5.16. The van der Waals surface area contributed by atoms with E-state index in [9.17, 15) is 43.2 Å². The summed E-state index contributed by atoms with van der Waals surface area (Å²) in [5, 5.41) is 10.6. The number of aliphatic hydroxyl groups is 1. The maximum absolute atomic E-state index is 13.1. The number of rotatable bonds is 82. The van der Waals surface area contributed by atoms with Gasteiger partial charge in [0.05, 0.1) is 26.4 Å². The average Bonchev–Trinajstić information content (AvgIpc) is 0.956. The fourth-order valence-electron chi connectivity index (χ4n) is 12.9. The standard InChI is InChI=1S/C83H162O17P2/c1-7-10-12-14-16-17-18-19-20-26-33-38-43-49-55-61-67-82(87)99-78(71-93-80(85)65-59-53-45-15-13-11-8-2)73-97-101(89,90)95-69-77(84)70-96-102(91,92)98-74-79(72-94-81(86)66-60-54-48-42-37-32-29-28-30-35-40-46-51-57-63-75(4)5)100-83(88)68-62-56-50-44-39-34-27-24-22-21-23-25-31-36-41-47-52-58-64-76(6)9-3/h75-79,84H,7-74H2,1-6H3,(H,89,90)(H,91,92)/t76?,77-,78+,79+/m0/s1. The highest BCUT2D eigenvalue weighted by Gasteiger charge is 2.30. The van der Waals surface area contributed by atoms with Gasteiger partial charge in [-0.1, -0.05) is 388 Å². The number of phosphoric acid groups is 2. The third kappa shape index (κ3) is 74.9. The van der Waals surface area contributed by atoms with Gasteiger partial charge in [0.1, 0.15) is 19.3 Å². The van der Waals surface area contributed by atoms with Crippen molar-refractivity contribution in [3.05, 3.63) is 0 Å². The van der Waals surface area contributed by atoms with E-state index in [4.69, 9.17) is 37.0 Å². The van der Waals surface area contributed by atoms with Crippen molar-refractivity contribution in [1.29, 1.82) is 0 Å². The van der Waals surface area contributed by atoms with Crippen LogP contribution in [0.1, 0.15) is 440 Å². The molecule has 606 valence electrons. The van der Waals surface area contributed by atoms with Gasteiger partial charge in [0.25, 0.3) is 0 Å². The molecule has 0 aliphatic carbocycles. The van der Waals surface area contributed by atoms with E-state index in [2.05, 4.69) is 41.5 Å². The molecule has 0 aliphatic rings. The monoisotopic (exact) mass is 1490 g/mol. The van der Waals surface area contributed by atoms with Gasteiger partial charge < -0.3 is 33.8 Å². The van der Waals surface area contributed by atoms with E-state index in [1.54, 1.807) is 0 Å². The summed E-state index contributed by atoms with van der Waals surface area (Å²) in [6.07, 6.45) is 65.4. The van der Waals surface area contributed by atoms with Gasteiger partial charge >= 0.3 is 39.5 Å². The molecule has 17 nitrogen and oxygen atoms in total. The van der Waals surface area contributed by atoms with Crippen LogP contribution in [-0.2, 0) is 65.4 Å². The molecule has 0 fully saturated rings. The quantitative estimate of drug-likeness (QED) is 0.0222. The third-order valence-corrected chi connectivity index (χ3v) is 21.7. The molecule has 0 radical (unpaired) electrons. The predicted octanol–water partition coefficient (Wildman–Crippen LogP) is 25.1. The van der Waals surface area contributed by atoms with Crippen molar-refractivity contribution >= 4 is 39.5 Å². The second-order valence-electron chi connectivity index (χ2n) is 30.6. The zero-order valence-corrected chi connectivity index (χ0v) is 68.7. The number of carbonyl (C=O) groups excluding carboxylic acids is 4. The molecule has 0 saturated carbocycles. The molecule has 0 aromatic carbocycles. The van der Waals surface area contributed by atoms with E-state index < -0.39 is 97.5 Å². The topological polar surface area (TPSA) is 237 Å². The Morgan fingerprint density at radius 1 is 0.284 bits per heavy atom. The lowest BCUT2D eigenvalue weighted by Gasteiger charge is -2.21. The summed E-state index contributed by atoms with van der Waals surface area (Å²) in [5.74, 6) is -0.440. The molecule has 0 rings (SSSR count). The van der Waals surface area contributed by atoms with E-state index in [-0.39, 0.29) is 25.7 Å². The molecule has 0 aliphatic heterocycles. The second kappa shape index (κ2) is 74.5. The Labute approximate surface area is 626 Å². The Bertz CT molecular complexity index is 1960. The van der Waals surface area contributed by atoms with Crippen molar-refractivity contribution in [1.82, 2.24) is 0 Å². The second-order valence-corrected chi connectivity index (χ2v) is 33.5. The number of carbonyl (C=O) groups is 4. The minimum absolute atomic E-state index is 0.108. The van der Waals surface area contributed by atoms with E-state index in [1.165, 1.54) is 244 Å². The zero-order chi connectivity index (χ0) is 74.9. The van der Waals surface area contributed by atoms with Crippen molar-refractivity contribution in [2.24, 2.45) is 11.8 Å². The molecule has 102 heavy (non-hydrogen) atoms. The molecule has 0 heterocycles. The SMILES string of the molecule is CCCCCCCCCCCCCCCCCCC(=O)O[C@H](COC(=O)CCCCCCCCC)COP(=O)(O)OC[C@H](O)COP(=O)(O)OC[C@@H](COC(=O)CCCCCCCCCCCCCCCCC(C)C)OC(=O)CCCCCCCCCCCCCCCCCCCCC(C)CC. The van der Waals surface area contributed by atoms with Crippen LogP contribution in [0.5, 0.6) is 0 Å². The Morgan fingerprint density at radius 3 is 0.745 bits per heavy atom. The molecule has 0 spiro atoms. The number of hydrogen-bond acceptors (Lipinski definition) is 15. The van der Waals surface area contributed by atoms with Crippen LogP contribution in [0.25, 0.3) is 0 Å². The van der Waals surface area contributed by atoms with Crippen LogP contribution in [0.2, 0.25) is 0 Å². The van der Waals surface area contributed by atoms with E-state index >= 15 is 0 Å². The number of esters is 4. The van der Waals surface area contributed by atoms with Gasteiger partial charge in [-0.05, 0) is 37.5 Å². The molecule has 0 aromatic heterocycles. The number of aliphatic hydroxyl groups excluding tert-OH is 1. The molecule has 3 unspecified atom stereocenters. The first kappa shape index (κ1) is 100. The lowest BCUT2D eigenvalue weighted by Crippen LogP contribution is -2.30. The zero-order valence-electron chi connectivity index (χ0n) is 66.9. The normalized spacial score (nSPS) is 14.1. The van der Waals surface area contributed by atoms with E-state index in [0.29, 0.717) is 25.7 Å². The first-order chi connectivity index (χ1) is 49.4. The Kier molecular flexibility index (Phi) is 73.1. The molecule has 0 saturated heterocycles. The summed E-state index contributed by atoms with van der Waals surface area (Å²) in [5.41, 5.74) is 0. The first-order valence-electron chi connectivity index (χ1n) is 43.0. The van der Waals surface area contributed by atoms with Crippen LogP contribution in [0.15, 0.2) is 0 Å². The van der Waals surface area contributed by atoms with Crippen molar-refractivity contribution < 1.29 is 80.2 Å². The number of unbranched alkanes of at least 4 members (excludes halogenated alkanes) is 51. The molecule has 19 heteroatoms. The van der Waals surface area contributed by atoms with Crippen molar-refractivity contribution in [2.45, 2.75) is 458 Å². The highest BCUT2D eigenvalue weighted by molar-refractivity contribution is 7.47. The number of ether oxygens (including phenoxy) is 4. The van der Waals surface area contributed by atoms with Gasteiger partial charge in [0, 0.05) is 25.7 Å². The lowest BCUT2D eigenvalue weighted by atomic mass is 9.99. The lowest BCUT2D eigenvalue weighted by molar-refractivity contribution is -0.161. The molecular formula is C83H162O17P2. The van der Waals surface area contributed by atoms with Gasteiger partial charge in [-0.25, -0.2) is 9.13 Å².